The number of hydrogen-bond acceptors (Lipinski definition) is 3. The monoisotopic (exact) mass is 376 g/mol. The molecule has 0 N–H and O–H groups in total. The van der Waals surface area contributed by atoms with Crippen LogP contribution in [0.15, 0.2) is 58.1 Å². The third-order valence-electron chi connectivity index (χ3n) is 5.70. The first-order valence-electron chi connectivity index (χ1n) is 9.90. The standard InChI is InChI=1S/C23H24N2O3/c1-16-11-13-17(14-12-16)21(26)15-24-20-10-6-5-9-19(20)22(27)25(23(24)28)18-7-3-2-4-8-18/h5-6,9-14,18H,2-4,7-8,15H2,1H3. The molecule has 0 aliphatic heterocycles. The smallest absolute Gasteiger partial charge is 0.292 e. The molecule has 5 heteroatoms. The van der Waals surface area contributed by atoms with Gasteiger partial charge in [0.1, 0.15) is 0 Å². The van der Waals surface area contributed by atoms with Gasteiger partial charge in [-0.25, -0.2) is 4.79 Å². The van der Waals surface area contributed by atoms with Gasteiger partial charge in [-0.3, -0.25) is 18.7 Å². The second kappa shape index (κ2) is 7.58. The molecule has 0 saturated heterocycles. The maximum absolute atomic E-state index is 13.3. The topological polar surface area (TPSA) is 61.1 Å². The second-order valence-electron chi connectivity index (χ2n) is 7.64. The number of para-hydroxylation sites is 1. The number of nitrogens with zero attached hydrogens (tertiary/aromatic N) is 2. The van der Waals surface area contributed by atoms with E-state index in [1.807, 2.05) is 19.1 Å². The van der Waals surface area contributed by atoms with E-state index in [0.29, 0.717) is 16.5 Å². The summed E-state index contributed by atoms with van der Waals surface area (Å²) in [5, 5.41) is 0.490. The summed E-state index contributed by atoms with van der Waals surface area (Å²) in [5.74, 6) is -0.138. The molecule has 0 unspecified atom stereocenters. The summed E-state index contributed by atoms with van der Waals surface area (Å²) >= 11 is 0. The molecule has 1 aromatic heterocycles. The van der Waals surface area contributed by atoms with E-state index in [0.717, 1.165) is 37.7 Å². The molecular weight excluding hydrogens is 352 g/mol. The Bertz CT molecular complexity index is 1130. The third-order valence-corrected chi connectivity index (χ3v) is 5.70. The van der Waals surface area contributed by atoms with Crippen LogP contribution >= 0.6 is 0 Å². The average molecular weight is 376 g/mol. The van der Waals surface area contributed by atoms with E-state index < -0.39 is 0 Å². The Morgan fingerprint density at radius 2 is 1.64 bits per heavy atom. The lowest BCUT2D eigenvalue weighted by Gasteiger charge is -2.24. The lowest BCUT2D eigenvalue weighted by molar-refractivity contribution is 0.0971. The predicted molar refractivity (Wildman–Crippen MR) is 110 cm³/mol. The van der Waals surface area contributed by atoms with E-state index in [1.165, 1.54) is 9.13 Å². The summed E-state index contributed by atoms with van der Waals surface area (Å²) in [4.78, 5) is 39.2. The first-order chi connectivity index (χ1) is 13.6. The van der Waals surface area contributed by atoms with Crippen molar-refractivity contribution in [1.82, 2.24) is 9.13 Å². The number of benzene rings is 2. The fourth-order valence-electron chi connectivity index (χ4n) is 4.13. The lowest BCUT2D eigenvalue weighted by atomic mass is 9.95. The van der Waals surface area contributed by atoms with Gasteiger partial charge in [-0.05, 0) is 31.9 Å². The normalized spacial score (nSPS) is 15.0. The minimum atomic E-state index is -0.379. The van der Waals surface area contributed by atoms with E-state index in [2.05, 4.69) is 0 Å². The van der Waals surface area contributed by atoms with Gasteiger partial charge < -0.3 is 0 Å². The number of aromatic nitrogens is 2. The summed E-state index contributed by atoms with van der Waals surface area (Å²) in [6.45, 7) is 1.89. The van der Waals surface area contributed by atoms with Crippen molar-refractivity contribution >= 4 is 16.7 Å². The molecule has 4 rings (SSSR count). The molecule has 1 heterocycles. The van der Waals surface area contributed by atoms with Crippen molar-refractivity contribution in [2.24, 2.45) is 0 Å². The van der Waals surface area contributed by atoms with Crippen LogP contribution in [0.4, 0.5) is 0 Å². The van der Waals surface area contributed by atoms with E-state index in [1.54, 1.807) is 36.4 Å². The van der Waals surface area contributed by atoms with Crippen molar-refractivity contribution in [2.75, 3.05) is 0 Å². The molecule has 2 aromatic carbocycles. The number of fused-ring (bicyclic) bond motifs is 1. The number of hydrogen-bond donors (Lipinski definition) is 0. The van der Waals surface area contributed by atoms with Crippen molar-refractivity contribution < 1.29 is 4.79 Å². The summed E-state index contributed by atoms with van der Waals surface area (Å²) < 4.78 is 2.86. The molecule has 1 aliphatic rings. The number of ketones is 1. The Balaban J connectivity index is 1.84. The maximum atomic E-state index is 13.3. The van der Waals surface area contributed by atoms with Gasteiger partial charge in [0.15, 0.2) is 5.78 Å². The number of Topliss-reactive ketones (excluding diaryl/α,β-unsaturated/α-hetero) is 1. The Morgan fingerprint density at radius 3 is 2.36 bits per heavy atom. The molecule has 1 fully saturated rings. The van der Waals surface area contributed by atoms with Crippen LogP contribution in [0.2, 0.25) is 0 Å². The number of carbonyl (C=O) groups excluding carboxylic acids is 1. The summed E-state index contributed by atoms with van der Waals surface area (Å²) in [5.41, 5.74) is 1.54. The molecule has 0 radical (unpaired) electrons. The van der Waals surface area contributed by atoms with Gasteiger partial charge in [-0.15, -0.1) is 0 Å². The average Bonchev–Trinajstić information content (AvgIpc) is 2.72. The van der Waals surface area contributed by atoms with Crippen LogP contribution in [0.1, 0.15) is 54.1 Å². The van der Waals surface area contributed by atoms with Gasteiger partial charge in [0.05, 0.1) is 17.4 Å². The first-order valence-corrected chi connectivity index (χ1v) is 9.90. The van der Waals surface area contributed by atoms with Crippen LogP contribution in [0.25, 0.3) is 10.9 Å². The minimum absolute atomic E-state index is 0.0740. The summed E-state index contributed by atoms with van der Waals surface area (Å²) in [6.07, 6.45) is 4.84. The number of aryl methyl sites for hydroxylation is 1. The Morgan fingerprint density at radius 1 is 0.964 bits per heavy atom. The highest BCUT2D eigenvalue weighted by molar-refractivity contribution is 5.96. The molecule has 144 valence electrons. The van der Waals surface area contributed by atoms with Gasteiger partial charge in [0, 0.05) is 11.6 Å². The van der Waals surface area contributed by atoms with Crippen LogP contribution in [0.5, 0.6) is 0 Å². The molecule has 0 atom stereocenters. The highest BCUT2D eigenvalue weighted by Crippen LogP contribution is 2.26. The predicted octanol–water partition coefficient (Wildman–Crippen LogP) is 3.86. The largest absolute Gasteiger partial charge is 0.332 e. The van der Waals surface area contributed by atoms with E-state index in [9.17, 15) is 14.4 Å². The zero-order chi connectivity index (χ0) is 19.7. The molecule has 3 aromatic rings. The molecular formula is C23H24N2O3. The first kappa shape index (κ1) is 18.4. The van der Waals surface area contributed by atoms with Crippen molar-refractivity contribution in [2.45, 2.75) is 51.6 Å². The third kappa shape index (κ3) is 3.33. The van der Waals surface area contributed by atoms with Crippen LogP contribution in [-0.2, 0) is 6.54 Å². The number of rotatable bonds is 4. The highest BCUT2D eigenvalue weighted by Gasteiger charge is 2.23. The molecule has 1 aliphatic carbocycles. The minimum Gasteiger partial charge on any atom is -0.292 e. The molecule has 0 bridgehead atoms. The highest BCUT2D eigenvalue weighted by atomic mass is 16.2. The Labute approximate surface area is 163 Å². The maximum Gasteiger partial charge on any atom is 0.332 e. The lowest BCUT2D eigenvalue weighted by Crippen LogP contribution is -2.43. The molecule has 28 heavy (non-hydrogen) atoms. The summed E-state index contributed by atoms with van der Waals surface area (Å²) in [6, 6.07) is 14.3. The van der Waals surface area contributed by atoms with Gasteiger partial charge in [-0.2, -0.15) is 0 Å². The molecule has 0 amide bonds. The van der Waals surface area contributed by atoms with Crippen molar-refractivity contribution in [3.05, 3.63) is 80.5 Å². The Hall–Kier alpha value is -2.95. The summed E-state index contributed by atoms with van der Waals surface area (Å²) in [7, 11) is 0. The van der Waals surface area contributed by atoms with Gasteiger partial charge >= 0.3 is 5.69 Å². The molecule has 0 spiro atoms. The van der Waals surface area contributed by atoms with E-state index >= 15 is 0 Å². The van der Waals surface area contributed by atoms with Crippen LogP contribution < -0.4 is 11.2 Å². The van der Waals surface area contributed by atoms with Crippen molar-refractivity contribution in [3.63, 3.8) is 0 Å². The molecule has 1 saturated carbocycles. The van der Waals surface area contributed by atoms with E-state index in [-0.39, 0.29) is 29.6 Å². The van der Waals surface area contributed by atoms with Gasteiger partial charge in [-0.1, -0.05) is 61.2 Å². The number of carbonyl (C=O) groups is 1. The van der Waals surface area contributed by atoms with Gasteiger partial charge in [0.25, 0.3) is 5.56 Å². The fraction of sp³-hybridized carbons (Fsp3) is 0.348. The van der Waals surface area contributed by atoms with Crippen LogP contribution in [-0.4, -0.2) is 14.9 Å². The van der Waals surface area contributed by atoms with Gasteiger partial charge in [0.2, 0.25) is 0 Å². The van der Waals surface area contributed by atoms with Crippen LogP contribution in [0, 0.1) is 6.92 Å². The Kier molecular flexibility index (Phi) is 4.99. The second-order valence-corrected chi connectivity index (χ2v) is 7.64. The zero-order valence-corrected chi connectivity index (χ0v) is 16.1. The van der Waals surface area contributed by atoms with Crippen molar-refractivity contribution in [1.29, 1.82) is 0 Å². The SMILES string of the molecule is Cc1ccc(C(=O)Cn2c(=O)n(C3CCCCC3)c(=O)c3ccccc32)cc1. The quantitative estimate of drug-likeness (QED) is 0.650. The zero-order valence-electron chi connectivity index (χ0n) is 16.1. The fourth-order valence-corrected chi connectivity index (χ4v) is 4.13. The van der Waals surface area contributed by atoms with E-state index in [4.69, 9.17) is 0 Å². The van der Waals surface area contributed by atoms with Crippen LogP contribution in [0.3, 0.4) is 0 Å². The van der Waals surface area contributed by atoms with Crippen molar-refractivity contribution in [3.8, 4) is 0 Å². The molecule has 5 nitrogen and oxygen atoms in total.